The van der Waals surface area contributed by atoms with Crippen molar-refractivity contribution >= 4 is 10.0 Å². The van der Waals surface area contributed by atoms with E-state index in [-0.39, 0.29) is 11.4 Å². The molecular weight excluding hydrogens is 326 g/mol. The largest absolute Gasteiger partial charge is 0.281 e. The minimum atomic E-state index is -3.59. The van der Waals surface area contributed by atoms with Gasteiger partial charge in [-0.2, -0.15) is 10.2 Å². The van der Waals surface area contributed by atoms with Gasteiger partial charge in [-0.15, -0.1) is 0 Å². The van der Waals surface area contributed by atoms with E-state index >= 15 is 0 Å². The molecular formula is C16H19N5O2S. The highest BCUT2D eigenvalue weighted by Gasteiger charge is 2.21. The van der Waals surface area contributed by atoms with Crippen molar-refractivity contribution in [1.29, 1.82) is 0 Å². The summed E-state index contributed by atoms with van der Waals surface area (Å²) in [6.45, 7) is 4.28. The summed E-state index contributed by atoms with van der Waals surface area (Å²) >= 11 is 0. The average Bonchev–Trinajstić information content (AvgIpc) is 3.17. The van der Waals surface area contributed by atoms with Crippen molar-refractivity contribution < 1.29 is 8.42 Å². The number of nitrogens with one attached hydrogen (secondary N) is 2. The first-order valence-corrected chi connectivity index (χ1v) is 9.00. The molecule has 0 aliphatic carbocycles. The van der Waals surface area contributed by atoms with Gasteiger partial charge in [0.25, 0.3) is 0 Å². The Balaban J connectivity index is 1.66. The van der Waals surface area contributed by atoms with Crippen LogP contribution in [0.1, 0.15) is 22.5 Å². The van der Waals surface area contributed by atoms with E-state index in [1.165, 1.54) is 0 Å². The van der Waals surface area contributed by atoms with E-state index in [0.29, 0.717) is 17.9 Å². The Hall–Kier alpha value is -2.45. The number of aromatic amines is 1. The normalized spacial score (nSPS) is 11.8. The molecule has 7 nitrogen and oxygen atoms in total. The molecule has 8 heteroatoms. The molecule has 0 fully saturated rings. The van der Waals surface area contributed by atoms with Gasteiger partial charge in [-0.1, -0.05) is 24.3 Å². The summed E-state index contributed by atoms with van der Waals surface area (Å²) < 4.78 is 29.3. The number of aryl methyl sites for hydroxylation is 2. The van der Waals surface area contributed by atoms with Crippen molar-refractivity contribution in [3.8, 4) is 0 Å². The fourth-order valence-electron chi connectivity index (χ4n) is 2.53. The SMILES string of the molecule is Cc1n[nH]c(C)c1S(=O)(=O)NCc1ccc(Cn2cccn2)cc1. The van der Waals surface area contributed by atoms with E-state index in [1.54, 1.807) is 20.0 Å². The molecule has 0 saturated heterocycles. The van der Waals surface area contributed by atoms with Crippen LogP contribution in [-0.2, 0) is 23.1 Å². The number of rotatable bonds is 6. The second-order valence-corrected chi connectivity index (χ2v) is 7.31. The van der Waals surface area contributed by atoms with Gasteiger partial charge in [0.1, 0.15) is 4.90 Å². The molecule has 2 N–H and O–H groups in total. The highest BCUT2D eigenvalue weighted by Crippen LogP contribution is 2.17. The van der Waals surface area contributed by atoms with E-state index in [0.717, 1.165) is 11.1 Å². The second-order valence-electron chi connectivity index (χ2n) is 5.61. The van der Waals surface area contributed by atoms with Gasteiger partial charge in [0.15, 0.2) is 0 Å². The van der Waals surface area contributed by atoms with Gasteiger partial charge >= 0.3 is 0 Å². The van der Waals surface area contributed by atoms with Gasteiger partial charge in [-0.3, -0.25) is 9.78 Å². The molecule has 0 amide bonds. The van der Waals surface area contributed by atoms with Gasteiger partial charge in [0.2, 0.25) is 10.0 Å². The van der Waals surface area contributed by atoms with Gasteiger partial charge in [-0.05, 0) is 31.0 Å². The number of hydrogen-bond donors (Lipinski definition) is 2. The predicted octanol–water partition coefficient (Wildman–Crippen LogP) is 1.75. The molecule has 0 radical (unpaired) electrons. The Bertz CT molecular complexity index is 893. The summed E-state index contributed by atoms with van der Waals surface area (Å²) in [5, 5.41) is 10.8. The fraction of sp³-hybridized carbons (Fsp3) is 0.250. The maximum Gasteiger partial charge on any atom is 0.244 e. The van der Waals surface area contributed by atoms with Crippen LogP contribution < -0.4 is 4.72 Å². The lowest BCUT2D eigenvalue weighted by molar-refractivity contribution is 0.580. The number of sulfonamides is 1. The average molecular weight is 345 g/mol. The highest BCUT2D eigenvalue weighted by atomic mass is 32.2. The first-order chi connectivity index (χ1) is 11.5. The maximum atomic E-state index is 12.4. The van der Waals surface area contributed by atoms with E-state index in [1.807, 2.05) is 41.2 Å². The van der Waals surface area contributed by atoms with Gasteiger partial charge < -0.3 is 0 Å². The molecule has 1 aromatic carbocycles. The highest BCUT2D eigenvalue weighted by molar-refractivity contribution is 7.89. The molecule has 3 rings (SSSR count). The zero-order valence-corrected chi connectivity index (χ0v) is 14.3. The molecule has 126 valence electrons. The van der Waals surface area contributed by atoms with Gasteiger partial charge in [-0.25, -0.2) is 13.1 Å². The van der Waals surface area contributed by atoms with Crippen LogP contribution in [0.2, 0.25) is 0 Å². The number of benzene rings is 1. The molecule has 0 aliphatic rings. The van der Waals surface area contributed by atoms with Crippen molar-refractivity contribution in [3.05, 3.63) is 65.2 Å². The lowest BCUT2D eigenvalue weighted by Crippen LogP contribution is -2.24. The van der Waals surface area contributed by atoms with Gasteiger partial charge in [0.05, 0.1) is 17.9 Å². The van der Waals surface area contributed by atoms with Crippen LogP contribution in [0.5, 0.6) is 0 Å². The predicted molar refractivity (Wildman–Crippen MR) is 89.9 cm³/mol. The monoisotopic (exact) mass is 345 g/mol. The van der Waals surface area contributed by atoms with Crippen LogP contribution in [0.15, 0.2) is 47.6 Å². The van der Waals surface area contributed by atoms with Crippen molar-refractivity contribution in [2.75, 3.05) is 0 Å². The number of hydrogen-bond acceptors (Lipinski definition) is 4. The van der Waals surface area contributed by atoms with E-state index in [2.05, 4.69) is 20.0 Å². The standard InChI is InChI=1S/C16H19N5O2S/c1-12-16(13(2)20-19-12)24(22,23)18-10-14-4-6-15(7-5-14)11-21-9-3-8-17-21/h3-9,18H,10-11H2,1-2H3,(H,19,20). The molecule has 0 unspecified atom stereocenters. The number of aromatic nitrogens is 4. The Labute approximate surface area is 140 Å². The molecule has 3 aromatic rings. The first-order valence-electron chi connectivity index (χ1n) is 7.52. The van der Waals surface area contributed by atoms with Crippen molar-refractivity contribution in [1.82, 2.24) is 24.7 Å². The Kier molecular flexibility index (Phi) is 4.50. The van der Waals surface area contributed by atoms with E-state index in [4.69, 9.17) is 0 Å². The molecule has 0 bridgehead atoms. The molecule has 24 heavy (non-hydrogen) atoms. The summed E-state index contributed by atoms with van der Waals surface area (Å²) in [6, 6.07) is 9.65. The second kappa shape index (κ2) is 6.58. The number of H-pyrrole nitrogens is 1. The first kappa shape index (κ1) is 16.4. The summed E-state index contributed by atoms with van der Waals surface area (Å²) in [5.41, 5.74) is 3.00. The van der Waals surface area contributed by atoms with Gasteiger partial charge in [0, 0.05) is 18.9 Å². The fourth-order valence-corrected chi connectivity index (χ4v) is 3.91. The molecule has 0 atom stereocenters. The third-order valence-corrected chi connectivity index (χ3v) is 5.39. The van der Waals surface area contributed by atoms with Crippen LogP contribution in [0, 0.1) is 13.8 Å². The summed E-state index contributed by atoms with van der Waals surface area (Å²) in [4.78, 5) is 0.220. The van der Waals surface area contributed by atoms with Crippen LogP contribution in [-0.4, -0.2) is 28.4 Å². The van der Waals surface area contributed by atoms with Crippen LogP contribution in [0.4, 0.5) is 0 Å². The third kappa shape index (κ3) is 3.55. The van der Waals surface area contributed by atoms with Crippen molar-refractivity contribution in [2.24, 2.45) is 0 Å². The third-order valence-electron chi connectivity index (χ3n) is 3.72. The summed E-state index contributed by atoms with van der Waals surface area (Å²) in [7, 11) is -3.59. The summed E-state index contributed by atoms with van der Waals surface area (Å²) in [6.07, 6.45) is 3.64. The Morgan fingerprint density at radius 2 is 1.88 bits per heavy atom. The molecule has 0 aliphatic heterocycles. The number of nitrogens with zero attached hydrogens (tertiary/aromatic N) is 3. The molecule has 2 heterocycles. The topological polar surface area (TPSA) is 92.7 Å². The van der Waals surface area contributed by atoms with Crippen LogP contribution in [0.3, 0.4) is 0 Å². The van der Waals surface area contributed by atoms with Crippen molar-refractivity contribution in [3.63, 3.8) is 0 Å². The Morgan fingerprint density at radius 3 is 2.46 bits per heavy atom. The zero-order chi connectivity index (χ0) is 17.2. The molecule has 2 aromatic heterocycles. The maximum absolute atomic E-state index is 12.4. The van der Waals surface area contributed by atoms with Crippen LogP contribution >= 0.6 is 0 Å². The zero-order valence-electron chi connectivity index (χ0n) is 13.5. The smallest absolute Gasteiger partial charge is 0.244 e. The lowest BCUT2D eigenvalue weighted by Gasteiger charge is -2.08. The molecule has 0 saturated carbocycles. The molecule has 0 spiro atoms. The lowest BCUT2D eigenvalue weighted by atomic mass is 10.1. The van der Waals surface area contributed by atoms with E-state index < -0.39 is 10.0 Å². The summed E-state index contributed by atoms with van der Waals surface area (Å²) in [5.74, 6) is 0. The minimum absolute atomic E-state index is 0.220. The minimum Gasteiger partial charge on any atom is -0.281 e. The Morgan fingerprint density at radius 1 is 1.17 bits per heavy atom. The quantitative estimate of drug-likeness (QED) is 0.712. The van der Waals surface area contributed by atoms with Crippen molar-refractivity contribution in [2.45, 2.75) is 31.8 Å². The van der Waals surface area contributed by atoms with E-state index in [9.17, 15) is 8.42 Å². The van der Waals surface area contributed by atoms with Crippen LogP contribution in [0.25, 0.3) is 0 Å².